The van der Waals surface area contributed by atoms with Crippen LogP contribution in [0.4, 0.5) is 4.39 Å². The van der Waals surface area contributed by atoms with Crippen LogP contribution in [0.5, 0.6) is 5.75 Å². The number of nitrogens with zero attached hydrogens (tertiary/aromatic N) is 1. The van der Waals surface area contributed by atoms with Crippen LogP contribution in [-0.4, -0.2) is 11.1 Å². The Morgan fingerprint density at radius 2 is 1.86 bits per heavy atom. The molecule has 3 aromatic rings. The summed E-state index contributed by atoms with van der Waals surface area (Å²) in [6, 6.07) is 20.1. The van der Waals surface area contributed by atoms with Gasteiger partial charge in [-0.05, 0) is 70.1 Å². The molecule has 0 saturated heterocycles. The van der Waals surface area contributed by atoms with Gasteiger partial charge in [0.2, 0.25) is 0 Å². The second kappa shape index (κ2) is 9.34. The van der Waals surface area contributed by atoms with Gasteiger partial charge in [0, 0.05) is 5.56 Å². The van der Waals surface area contributed by atoms with Crippen molar-refractivity contribution in [2.45, 2.75) is 6.61 Å². The Hall–Kier alpha value is -3.18. The average Bonchev–Trinajstić information content (AvgIpc) is 2.72. The highest BCUT2D eigenvalue weighted by Crippen LogP contribution is 2.26. The van der Waals surface area contributed by atoms with E-state index in [0.717, 1.165) is 14.7 Å². The van der Waals surface area contributed by atoms with Crippen LogP contribution in [0.15, 0.2) is 66.7 Å². The SMILES string of the molecule is N#C/C(=C/c1ccc(OCc2ccc(C(=O)O)cc2)c(I)c1)c1ccccc1F. The predicted octanol–water partition coefficient (Wildman–Crippen LogP) is 5.77. The molecule has 0 atom stereocenters. The van der Waals surface area contributed by atoms with Crippen molar-refractivity contribution in [1.29, 1.82) is 5.26 Å². The van der Waals surface area contributed by atoms with E-state index in [4.69, 9.17) is 9.84 Å². The van der Waals surface area contributed by atoms with Crippen LogP contribution in [-0.2, 0) is 6.61 Å². The number of rotatable bonds is 6. The van der Waals surface area contributed by atoms with Crippen molar-refractivity contribution in [3.05, 3.63) is 98.4 Å². The lowest BCUT2D eigenvalue weighted by Gasteiger charge is -2.10. The summed E-state index contributed by atoms with van der Waals surface area (Å²) < 4.78 is 20.6. The fourth-order valence-electron chi connectivity index (χ4n) is 2.65. The molecule has 3 aromatic carbocycles. The van der Waals surface area contributed by atoms with Gasteiger partial charge in [-0.2, -0.15) is 5.26 Å². The van der Waals surface area contributed by atoms with E-state index in [1.165, 1.54) is 18.2 Å². The molecule has 0 saturated carbocycles. The Labute approximate surface area is 181 Å². The fraction of sp³-hybridized carbons (Fsp3) is 0.0435. The molecule has 0 fully saturated rings. The average molecular weight is 499 g/mol. The predicted molar refractivity (Wildman–Crippen MR) is 117 cm³/mol. The number of aromatic carboxylic acids is 1. The smallest absolute Gasteiger partial charge is 0.335 e. The summed E-state index contributed by atoms with van der Waals surface area (Å²) in [5, 5.41) is 18.3. The van der Waals surface area contributed by atoms with Gasteiger partial charge in [0.05, 0.1) is 20.8 Å². The van der Waals surface area contributed by atoms with E-state index in [1.807, 2.05) is 12.1 Å². The third-order valence-corrected chi connectivity index (χ3v) is 4.99. The van der Waals surface area contributed by atoms with Crippen molar-refractivity contribution in [2.75, 3.05) is 0 Å². The zero-order valence-electron chi connectivity index (χ0n) is 15.1. The van der Waals surface area contributed by atoms with Gasteiger partial charge in [0.1, 0.15) is 18.2 Å². The second-order valence-electron chi connectivity index (χ2n) is 6.13. The normalized spacial score (nSPS) is 11.0. The standard InChI is InChI=1S/C23H15FINO3/c24-20-4-2-1-3-19(20)18(13-26)11-16-7-10-22(21(25)12-16)29-14-15-5-8-17(9-6-15)23(27)28/h1-12H,14H2,(H,27,28)/b18-11-. The molecule has 4 nitrogen and oxygen atoms in total. The molecule has 29 heavy (non-hydrogen) atoms. The van der Waals surface area contributed by atoms with Gasteiger partial charge >= 0.3 is 5.97 Å². The number of nitriles is 1. The number of hydrogen-bond donors (Lipinski definition) is 1. The molecule has 0 spiro atoms. The minimum atomic E-state index is -0.970. The van der Waals surface area contributed by atoms with Crippen LogP contribution in [0.25, 0.3) is 11.6 Å². The van der Waals surface area contributed by atoms with Crippen LogP contribution in [0.2, 0.25) is 0 Å². The molecule has 0 bridgehead atoms. The first-order chi connectivity index (χ1) is 14.0. The van der Waals surface area contributed by atoms with Gasteiger partial charge in [-0.3, -0.25) is 0 Å². The maximum absolute atomic E-state index is 14.0. The number of ether oxygens (including phenoxy) is 1. The summed E-state index contributed by atoms with van der Waals surface area (Å²) in [5.74, 6) is -0.749. The van der Waals surface area contributed by atoms with Crippen molar-refractivity contribution >= 4 is 40.2 Å². The van der Waals surface area contributed by atoms with Crippen LogP contribution in [0, 0.1) is 20.7 Å². The molecule has 0 heterocycles. The van der Waals surface area contributed by atoms with Crippen molar-refractivity contribution in [3.63, 3.8) is 0 Å². The summed E-state index contributed by atoms with van der Waals surface area (Å²) in [6.07, 6.45) is 1.63. The Balaban J connectivity index is 1.75. The molecule has 0 amide bonds. The third-order valence-electron chi connectivity index (χ3n) is 4.15. The second-order valence-corrected chi connectivity index (χ2v) is 7.29. The summed E-state index contributed by atoms with van der Waals surface area (Å²) >= 11 is 2.13. The molecule has 0 aliphatic heterocycles. The minimum Gasteiger partial charge on any atom is -0.488 e. The monoisotopic (exact) mass is 499 g/mol. The summed E-state index contributed by atoms with van der Waals surface area (Å²) in [7, 11) is 0. The number of benzene rings is 3. The third kappa shape index (κ3) is 5.21. The molecule has 0 radical (unpaired) electrons. The lowest BCUT2D eigenvalue weighted by Crippen LogP contribution is -1.99. The largest absolute Gasteiger partial charge is 0.488 e. The number of carboxylic acids is 1. The molecule has 0 unspecified atom stereocenters. The van der Waals surface area contributed by atoms with E-state index in [1.54, 1.807) is 48.5 Å². The van der Waals surface area contributed by atoms with Crippen LogP contribution in [0.3, 0.4) is 0 Å². The number of hydrogen-bond acceptors (Lipinski definition) is 3. The zero-order chi connectivity index (χ0) is 20.8. The van der Waals surface area contributed by atoms with Gasteiger partial charge in [0.25, 0.3) is 0 Å². The number of carbonyl (C=O) groups is 1. The molecule has 1 N–H and O–H groups in total. The molecule has 0 aliphatic carbocycles. The highest BCUT2D eigenvalue weighted by Gasteiger charge is 2.09. The molecule has 0 aromatic heterocycles. The van der Waals surface area contributed by atoms with Gasteiger partial charge in [-0.15, -0.1) is 0 Å². The Kier molecular flexibility index (Phi) is 6.62. The van der Waals surface area contributed by atoms with E-state index < -0.39 is 11.8 Å². The van der Waals surface area contributed by atoms with Gasteiger partial charge in [-0.1, -0.05) is 36.4 Å². The van der Waals surface area contributed by atoms with Crippen LogP contribution in [0.1, 0.15) is 27.0 Å². The lowest BCUT2D eigenvalue weighted by molar-refractivity contribution is 0.0697. The van der Waals surface area contributed by atoms with E-state index in [2.05, 4.69) is 22.6 Å². The molecule has 6 heteroatoms. The van der Waals surface area contributed by atoms with Crippen molar-refractivity contribution in [1.82, 2.24) is 0 Å². The lowest BCUT2D eigenvalue weighted by atomic mass is 10.0. The maximum atomic E-state index is 14.0. The highest BCUT2D eigenvalue weighted by atomic mass is 127. The van der Waals surface area contributed by atoms with E-state index in [9.17, 15) is 14.4 Å². The van der Waals surface area contributed by atoms with Crippen molar-refractivity contribution in [2.24, 2.45) is 0 Å². The van der Waals surface area contributed by atoms with Gasteiger partial charge in [0.15, 0.2) is 0 Å². The number of allylic oxidation sites excluding steroid dienone is 1. The zero-order valence-corrected chi connectivity index (χ0v) is 17.3. The van der Waals surface area contributed by atoms with Crippen LogP contribution >= 0.6 is 22.6 Å². The van der Waals surface area contributed by atoms with Crippen molar-refractivity contribution in [3.8, 4) is 11.8 Å². The van der Waals surface area contributed by atoms with Gasteiger partial charge in [-0.25, -0.2) is 9.18 Å². The Morgan fingerprint density at radius 1 is 1.14 bits per heavy atom. The van der Waals surface area contributed by atoms with E-state index >= 15 is 0 Å². The van der Waals surface area contributed by atoms with Crippen LogP contribution < -0.4 is 4.74 Å². The maximum Gasteiger partial charge on any atom is 0.335 e. The quantitative estimate of drug-likeness (QED) is 0.266. The first-order valence-electron chi connectivity index (χ1n) is 8.59. The van der Waals surface area contributed by atoms with E-state index in [-0.39, 0.29) is 16.7 Å². The number of carboxylic acid groups (broad SMARTS) is 1. The summed E-state index contributed by atoms with van der Waals surface area (Å²) in [4.78, 5) is 10.9. The molecular formula is C23H15FINO3. The Bertz CT molecular complexity index is 1120. The molecule has 144 valence electrons. The van der Waals surface area contributed by atoms with Gasteiger partial charge < -0.3 is 9.84 Å². The Morgan fingerprint density at radius 3 is 2.48 bits per heavy atom. The first-order valence-corrected chi connectivity index (χ1v) is 9.67. The number of halogens is 2. The summed E-state index contributed by atoms with van der Waals surface area (Å²) in [5.41, 5.74) is 2.33. The molecular weight excluding hydrogens is 484 g/mol. The molecule has 3 rings (SSSR count). The van der Waals surface area contributed by atoms with E-state index in [0.29, 0.717) is 12.4 Å². The fourth-order valence-corrected chi connectivity index (χ4v) is 3.34. The topological polar surface area (TPSA) is 70.3 Å². The highest BCUT2D eigenvalue weighted by molar-refractivity contribution is 14.1. The first kappa shape index (κ1) is 20.6. The molecule has 0 aliphatic rings. The summed E-state index contributed by atoms with van der Waals surface area (Å²) in [6.45, 7) is 0.295. The van der Waals surface area contributed by atoms with Crippen molar-refractivity contribution < 1.29 is 19.0 Å². The minimum absolute atomic E-state index is 0.225.